The van der Waals surface area contributed by atoms with Crippen LogP contribution in [0.15, 0.2) is 53.5 Å². The number of aromatic amines is 1. The topological polar surface area (TPSA) is 74.8 Å². The summed E-state index contributed by atoms with van der Waals surface area (Å²) < 4.78 is 0. The lowest BCUT2D eigenvalue weighted by Gasteiger charge is -2.09. The first-order chi connectivity index (χ1) is 11.5. The Balaban J connectivity index is 1.85. The van der Waals surface area contributed by atoms with Gasteiger partial charge in [-0.3, -0.25) is 14.6 Å². The molecule has 5 nitrogen and oxygen atoms in total. The fraction of sp³-hybridized carbons (Fsp3) is 0.211. The number of hydrogen-bond acceptors (Lipinski definition) is 3. The van der Waals surface area contributed by atoms with Gasteiger partial charge in [0.25, 0.3) is 11.5 Å². The van der Waals surface area contributed by atoms with E-state index in [1.165, 1.54) is 5.56 Å². The van der Waals surface area contributed by atoms with E-state index in [9.17, 15) is 9.59 Å². The van der Waals surface area contributed by atoms with Crippen LogP contribution in [0.3, 0.4) is 0 Å². The number of amides is 1. The lowest BCUT2D eigenvalue weighted by Crippen LogP contribution is -2.27. The van der Waals surface area contributed by atoms with Crippen molar-refractivity contribution in [2.24, 2.45) is 0 Å². The minimum atomic E-state index is -0.300. The van der Waals surface area contributed by atoms with Crippen LogP contribution >= 0.6 is 0 Å². The monoisotopic (exact) mass is 321 g/mol. The van der Waals surface area contributed by atoms with E-state index < -0.39 is 0 Å². The highest BCUT2D eigenvalue weighted by molar-refractivity contribution is 5.92. The van der Waals surface area contributed by atoms with Gasteiger partial charge in [-0.05, 0) is 47.2 Å². The molecular formula is C19H19N3O2. The van der Waals surface area contributed by atoms with Crippen molar-refractivity contribution in [3.05, 3.63) is 75.8 Å². The van der Waals surface area contributed by atoms with E-state index in [0.29, 0.717) is 17.2 Å². The van der Waals surface area contributed by atoms with Gasteiger partial charge >= 0.3 is 0 Å². The molecule has 2 heterocycles. The summed E-state index contributed by atoms with van der Waals surface area (Å²) in [6.45, 7) is 4.41. The number of aromatic nitrogens is 2. The molecule has 3 aromatic rings. The predicted molar refractivity (Wildman–Crippen MR) is 94.1 cm³/mol. The summed E-state index contributed by atoms with van der Waals surface area (Å²) in [5, 5.41) is 3.70. The average Bonchev–Trinajstić information content (AvgIpc) is 2.60. The van der Waals surface area contributed by atoms with Gasteiger partial charge in [0.1, 0.15) is 5.69 Å². The van der Waals surface area contributed by atoms with Crippen LogP contribution in [0.2, 0.25) is 0 Å². The normalized spacial score (nSPS) is 11.0. The Labute approximate surface area is 139 Å². The van der Waals surface area contributed by atoms with Gasteiger partial charge in [0.2, 0.25) is 0 Å². The number of hydrogen-bond donors (Lipinski definition) is 2. The van der Waals surface area contributed by atoms with Gasteiger partial charge < -0.3 is 10.3 Å². The Morgan fingerprint density at radius 2 is 2.04 bits per heavy atom. The number of carbonyl (C=O) groups excluding carboxylic acids is 1. The van der Waals surface area contributed by atoms with Crippen LogP contribution in [-0.2, 0) is 6.54 Å². The molecule has 0 bridgehead atoms. The maximum absolute atomic E-state index is 12.2. The molecule has 0 radical (unpaired) electrons. The largest absolute Gasteiger partial charge is 0.346 e. The van der Waals surface area contributed by atoms with Crippen LogP contribution in [0.1, 0.15) is 41.4 Å². The van der Waals surface area contributed by atoms with Gasteiger partial charge in [-0.2, -0.15) is 0 Å². The molecule has 0 fully saturated rings. The number of H-pyrrole nitrogens is 1. The Kier molecular flexibility index (Phi) is 4.42. The molecule has 0 unspecified atom stereocenters. The lowest BCUT2D eigenvalue weighted by molar-refractivity contribution is 0.0946. The second kappa shape index (κ2) is 6.66. The number of carbonyl (C=O) groups is 1. The molecule has 24 heavy (non-hydrogen) atoms. The fourth-order valence-corrected chi connectivity index (χ4v) is 2.52. The van der Waals surface area contributed by atoms with E-state index in [0.717, 1.165) is 10.9 Å². The molecule has 1 amide bonds. The van der Waals surface area contributed by atoms with Crippen molar-refractivity contribution < 1.29 is 4.79 Å². The van der Waals surface area contributed by atoms with Gasteiger partial charge in [-0.1, -0.05) is 26.0 Å². The van der Waals surface area contributed by atoms with Gasteiger partial charge in [0, 0.05) is 23.8 Å². The van der Waals surface area contributed by atoms with Gasteiger partial charge in [0.15, 0.2) is 0 Å². The van der Waals surface area contributed by atoms with Crippen molar-refractivity contribution in [1.82, 2.24) is 15.3 Å². The molecule has 0 spiro atoms. The van der Waals surface area contributed by atoms with E-state index in [-0.39, 0.29) is 18.0 Å². The summed E-state index contributed by atoms with van der Waals surface area (Å²) in [5.74, 6) is 0.111. The number of nitrogens with zero attached hydrogens (tertiary/aromatic N) is 1. The Morgan fingerprint density at radius 1 is 1.21 bits per heavy atom. The quantitative estimate of drug-likeness (QED) is 0.776. The molecule has 2 N–H and O–H groups in total. The summed E-state index contributed by atoms with van der Waals surface area (Å²) in [7, 11) is 0. The second-order valence-corrected chi connectivity index (χ2v) is 6.02. The van der Waals surface area contributed by atoms with Crippen LogP contribution in [0.4, 0.5) is 0 Å². The Bertz CT molecular complexity index is 930. The highest BCUT2D eigenvalue weighted by atomic mass is 16.2. The third-order valence-electron chi connectivity index (χ3n) is 3.95. The van der Waals surface area contributed by atoms with Crippen molar-refractivity contribution in [2.45, 2.75) is 26.3 Å². The van der Waals surface area contributed by atoms with Gasteiger partial charge in [-0.15, -0.1) is 0 Å². The lowest BCUT2D eigenvalue weighted by atomic mass is 10.0. The molecule has 122 valence electrons. The molecule has 1 aromatic carbocycles. The van der Waals surface area contributed by atoms with E-state index in [4.69, 9.17) is 0 Å². The molecule has 5 heteroatoms. The summed E-state index contributed by atoms with van der Waals surface area (Å²) in [6, 6.07) is 13.0. The van der Waals surface area contributed by atoms with Crippen molar-refractivity contribution >= 4 is 16.8 Å². The standard InChI is InChI=1S/C19H19N3O2/c1-12(2)13-6-7-16-14(9-13)10-15(18(23)22-16)11-21-19(24)17-5-3-4-8-20-17/h3-10,12H,11H2,1-2H3,(H,21,24)(H,22,23). The zero-order chi connectivity index (χ0) is 17.1. The average molecular weight is 321 g/mol. The highest BCUT2D eigenvalue weighted by Gasteiger charge is 2.09. The molecule has 0 aliphatic rings. The summed E-state index contributed by atoms with van der Waals surface area (Å²) in [5.41, 5.74) is 2.66. The zero-order valence-electron chi connectivity index (χ0n) is 13.7. The van der Waals surface area contributed by atoms with E-state index in [1.807, 2.05) is 18.2 Å². The van der Waals surface area contributed by atoms with Crippen molar-refractivity contribution in [2.75, 3.05) is 0 Å². The third-order valence-corrected chi connectivity index (χ3v) is 3.95. The summed E-state index contributed by atoms with van der Waals surface area (Å²) in [6.07, 6.45) is 1.56. The molecule has 0 saturated carbocycles. The minimum Gasteiger partial charge on any atom is -0.346 e. The first-order valence-corrected chi connectivity index (χ1v) is 7.89. The van der Waals surface area contributed by atoms with Gasteiger partial charge in [-0.25, -0.2) is 0 Å². The molecular weight excluding hydrogens is 302 g/mol. The Morgan fingerprint density at radius 3 is 2.75 bits per heavy atom. The number of nitrogens with one attached hydrogen (secondary N) is 2. The van der Waals surface area contributed by atoms with Crippen LogP contribution in [0.5, 0.6) is 0 Å². The van der Waals surface area contributed by atoms with Crippen LogP contribution in [-0.4, -0.2) is 15.9 Å². The predicted octanol–water partition coefficient (Wildman–Crippen LogP) is 2.98. The third kappa shape index (κ3) is 3.35. The molecule has 3 rings (SSSR count). The Hall–Kier alpha value is -2.95. The number of benzene rings is 1. The van der Waals surface area contributed by atoms with E-state index >= 15 is 0 Å². The number of fused-ring (bicyclic) bond motifs is 1. The molecule has 0 aliphatic carbocycles. The number of rotatable bonds is 4. The van der Waals surface area contributed by atoms with E-state index in [1.54, 1.807) is 24.4 Å². The fourth-order valence-electron chi connectivity index (χ4n) is 2.52. The molecule has 0 atom stereocenters. The van der Waals surface area contributed by atoms with Crippen molar-refractivity contribution in [3.63, 3.8) is 0 Å². The second-order valence-electron chi connectivity index (χ2n) is 6.02. The summed E-state index contributed by atoms with van der Waals surface area (Å²) >= 11 is 0. The van der Waals surface area contributed by atoms with Gasteiger partial charge in [0.05, 0.1) is 0 Å². The maximum atomic E-state index is 12.2. The molecule has 0 aliphatic heterocycles. The van der Waals surface area contributed by atoms with Crippen molar-refractivity contribution in [3.8, 4) is 0 Å². The van der Waals surface area contributed by atoms with Crippen LogP contribution in [0, 0.1) is 0 Å². The number of pyridine rings is 2. The van der Waals surface area contributed by atoms with E-state index in [2.05, 4.69) is 35.2 Å². The smallest absolute Gasteiger partial charge is 0.270 e. The first kappa shape index (κ1) is 15.9. The molecule has 2 aromatic heterocycles. The minimum absolute atomic E-state index is 0.159. The van der Waals surface area contributed by atoms with Crippen LogP contribution < -0.4 is 10.9 Å². The molecule has 0 saturated heterocycles. The maximum Gasteiger partial charge on any atom is 0.270 e. The summed E-state index contributed by atoms with van der Waals surface area (Å²) in [4.78, 5) is 31.1. The SMILES string of the molecule is CC(C)c1ccc2[nH]c(=O)c(CNC(=O)c3ccccn3)cc2c1. The first-order valence-electron chi connectivity index (χ1n) is 7.89. The van der Waals surface area contributed by atoms with Crippen LogP contribution in [0.25, 0.3) is 10.9 Å². The zero-order valence-corrected chi connectivity index (χ0v) is 13.7. The van der Waals surface area contributed by atoms with Crippen molar-refractivity contribution in [1.29, 1.82) is 0 Å². The highest BCUT2D eigenvalue weighted by Crippen LogP contribution is 2.19.